The molecule has 2 aliphatic heterocycles. The number of guanidine groups is 1. The van der Waals surface area contributed by atoms with E-state index in [1.807, 2.05) is 11.8 Å². The molecule has 0 aromatic rings. The summed E-state index contributed by atoms with van der Waals surface area (Å²) in [6, 6.07) is -1.44. The highest BCUT2D eigenvalue weighted by Gasteiger charge is 2.41. The van der Waals surface area contributed by atoms with Crippen LogP contribution in [0.15, 0.2) is 4.99 Å². The Morgan fingerprint density at radius 1 is 1.14 bits per heavy atom. The van der Waals surface area contributed by atoms with Gasteiger partial charge in [0.2, 0.25) is 10.0 Å². The van der Waals surface area contributed by atoms with E-state index >= 15 is 0 Å². The third kappa shape index (κ3) is 6.48. The molecule has 2 rings (SSSR count). The Morgan fingerprint density at radius 2 is 1.71 bits per heavy atom. The Morgan fingerprint density at radius 3 is 2.18 bits per heavy atom. The third-order valence-electron chi connectivity index (χ3n) is 5.51. The first kappa shape index (κ1) is 23.2. The van der Waals surface area contributed by atoms with Gasteiger partial charge in [0.15, 0.2) is 5.96 Å². The Balaban J connectivity index is 1.88. The average Bonchev–Trinajstić information content (AvgIpc) is 2.63. The second-order valence-corrected chi connectivity index (χ2v) is 9.52. The van der Waals surface area contributed by atoms with Crippen molar-refractivity contribution in [1.29, 1.82) is 0 Å². The van der Waals surface area contributed by atoms with Crippen molar-refractivity contribution in [2.24, 2.45) is 10.9 Å². The second-order valence-electron chi connectivity index (χ2n) is 7.54. The molecule has 2 aliphatic rings. The van der Waals surface area contributed by atoms with E-state index in [0.717, 1.165) is 18.8 Å². The van der Waals surface area contributed by atoms with Crippen molar-refractivity contribution >= 4 is 16.0 Å². The Hall–Kier alpha value is -1.07. The van der Waals surface area contributed by atoms with Gasteiger partial charge < -0.3 is 10.2 Å². The van der Waals surface area contributed by atoms with Gasteiger partial charge in [0, 0.05) is 52.4 Å². The molecule has 164 valence electrons. The fourth-order valence-electron chi connectivity index (χ4n) is 3.59. The van der Waals surface area contributed by atoms with Crippen molar-refractivity contribution in [2.45, 2.75) is 38.9 Å². The van der Waals surface area contributed by atoms with Crippen molar-refractivity contribution < 1.29 is 21.6 Å². The van der Waals surface area contributed by atoms with Crippen molar-refractivity contribution in [3.8, 4) is 0 Å². The minimum atomic E-state index is -4.21. The first-order valence-electron chi connectivity index (χ1n) is 9.81. The van der Waals surface area contributed by atoms with Crippen LogP contribution in [0.2, 0.25) is 0 Å². The van der Waals surface area contributed by atoms with E-state index in [9.17, 15) is 21.6 Å². The zero-order valence-electron chi connectivity index (χ0n) is 16.9. The molecule has 0 aromatic heterocycles. The number of rotatable bonds is 5. The molecule has 28 heavy (non-hydrogen) atoms. The molecule has 11 heteroatoms. The number of nitrogens with zero attached hydrogens (tertiary/aromatic N) is 4. The van der Waals surface area contributed by atoms with E-state index in [4.69, 9.17) is 0 Å². The quantitative estimate of drug-likeness (QED) is 0.527. The number of nitrogens with one attached hydrogen (secondary N) is 1. The van der Waals surface area contributed by atoms with Gasteiger partial charge >= 0.3 is 6.18 Å². The maximum Gasteiger partial charge on any atom is 0.403 e. The molecule has 1 N–H and O–H groups in total. The first-order valence-corrected chi connectivity index (χ1v) is 11.7. The molecule has 0 amide bonds. The Bertz CT molecular complexity index is 625. The Labute approximate surface area is 166 Å². The van der Waals surface area contributed by atoms with E-state index in [0.29, 0.717) is 58.3 Å². The summed E-state index contributed by atoms with van der Waals surface area (Å²) >= 11 is 0. The lowest BCUT2D eigenvalue weighted by Crippen LogP contribution is -2.56. The smallest absolute Gasteiger partial charge is 0.357 e. The Kier molecular flexibility index (Phi) is 7.97. The van der Waals surface area contributed by atoms with Gasteiger partial charge in [-0.1, -0.05) is 0 Å². The van der Waals surface area contributed by atoms with Gasteiger partial charge in [0.1, 0.15) is 6.04 Å². The van der Waals surface area contributed by atoms with E-state index in [-0.39, 0.29) is 0 Å². The van der Waals surface area contributed by atoms with Crippen LogP contribution < -0.4 is 5.32 Å². The topological polar surface area (TPSA) is 68.2 Å². The number of alkyl halides is 3. The van der Waals surface area contributed by atoms with Crippen molar-refractivity contribution in [3.05, 3.63) is 0 Å². The summed E-state index contributed by atoms with van der Waals surface area (Å²) < 4.78 is 63.4. The molecular weight excluding hydrogens is 395 g/mol. The van der Waals surface area contributed by atoms with Crippen LogP contribution in [0.4, 0.5) is 13.2 Å². The molecule has 0 bridgehead atoms. The highest BCUT2D eigenvalue weighted by molar-refractivity contribution is 7.88. The van der Waals surface area contributed by atoms with Crippen LogP contribution in [0.25, 0.3) is 0 Å². The van der Waals surface area contributed by atoms with E-state index in [1.54, 1.807) is 0 Å². The summed E-state index contributed by atoms with van der Waals surface area (Å²) in [7, 11) is -3.14. The summed E-state index contributed by atoms with van der Waals surface area (Å²) in [6.07, 6.45) is -1.44. The third-order valence-corrected chi connectivity index (χ3v) is 6.82. The molecule has 2 saturated heterocycles. The van der Waals surface area contributed by atoms with Crippen LogP contribution in [-0.4, -0.2) is 99.3 Å². The van der Waals surface area contributed by atoms with Crippen molar-refractivity contribution in [2.75, 3.05) is 58.6 Å². The molecule has 0 radical (unpaired) electrons. The molecule has 1 unspecified atom stereocenters. The van der Waals surface area contributed by atoms with Crippen LogP contribution in [-0.2, 0) is 10.0 Å². The molecule has 2 heterocycles. The standard InChI is InChI=1S/C17H32F3N5O2S/c1-4-21-16(22-13-15-5-7-25(8-6-15)28(3,26)27)24-11-9-23(10-12-24)14(2)17(18,19)20/h14-15H,4-13H2,1-3H3,(H,21,22). The van der Waals surface area contributed by atoms with Crippen LogP contribution in [0.5, 0.6) is 0 Å². The first-order chi connectivity index (χ1) is 13.0. The maximum atomic E-state index is 12.9. The fraction of sp³-hybridized carbons (Fsp3) is 0.941. The van der Waals surface area contributed by atoms with E-state index in [2.05, 4.69) is 10.3 Å². The number of piperazine rings is 1. The number of aliphatic imine (C=N–C) groups is 1. The number of piperidine rings is 1. The fourth-order valence-corrected chi connectivity index (χ4v) is 4.47. The summed E-state index contributed by atoms with van der Waals surface area (Å²) in [5.74, 6) is 1.05. The van der Waals surface area contributed by atoms with Crippen molar-refractivity contribution in [3.63, 3.8) is 0 Å². The molecule has 0 aliphatic carbocycles. The van der Waals surface area contributed by atoms with Gasteiger partial charge in [-0.2, -0.15) is 13.2 Å². The zero-order chi connectivity index (χ0) is 20.9. The van der Waals surface area contributed by atoms with E-state index < -0.39 is 22.2 Å². The van der Waals surface area contributed by atoms with Gasteiger partial charge in [-0.3, -0.25) is 9.89 Å². The van der Waals surface area contributed by atoms with Gasteiger partial charge in [0.05, 0.1) is 6.26 Å². The number of hydrogen-bond acceptors (Lipinski definition) is 4. The van der Waals surface area contributed by atoms with Gasteiger partial charge in [0.25, 0.3) is 0 Å². The summed E-state index contributed by atoms with van der Waals surface area (Å²) in [6.45, 7) is 7.17. The summed E-state index contributed by atoms with van der Waals surface area (Å²) in [5, 5.41) is 3.23. The normalized spacial score (nSPS) is 23.1. The molecule has 2 fully saturated rings. The highest BCUT2D eigenvalue weighted by Crippen LogP contribution is 2.25. The van der Waals surface area contributed by atoms with Crippen LogP contribution in [0, 0.1) is 5.92 Å². The molecule has 1 atom stereocenters. The predicted molar refractivity (Wildman–Crippen MR) is 104 cm³/mol. The lowest BCUT2D eigenvalue weighted by molar-refractivity contribution is -0.181. The summed E-state index contributed by atoms with van der Waals surface area (Å²) in [4.78, 5) is 8.16. The van der Waals surface area contributed by atoms with Gasteiger partial charge in [-0.05, 0) is 32.6 Å². The monoisotopic (exact) mass is 427 g/mol. The minimum Gasteiger partial charge on any atom is -0.357 e. The largest absolute Gasteiger partial charge is 0.403 e. The number of hydrogen-bond donors (Lipinski definition) is 1. The van der Waals surface area contributed by atoms with Gasteiger partial charge in [-0.25, -0.2) is 12.7 Å². The summed E-state index contributed by atoms with van der Waals surface area (Å²) in [5.41, 5.74) is 0. The van der Waals surface area contributed by atoms with Crippen LogP contribution in [0.1, 0.15) is 26.7 Å². The molecule has 0 saturated carbocycles. The van der Waals surface area contributed by atoms with Gasteiger partial charge in [-0.15, -0.1) is 0 Å². The molecular formula is C17H32F3N5O2S. The second kappa shape index (κ2) is 9.62. The molecule has 0 spiro atoms. The van der Waals surface area contributed by atoms with Crippen LogP contribution >= 0.6 is 0 Å². The van der Waals surface area contributed by atoms with Crippen molar-refractivity contribution in [1.82, 2.24) is 19.4 Å². The predicted octanol–water partition coefficient (Wildman–Crippen LogP) is 1.19. The number of halogens is 3. The minimum absolute atomic E-state index is 0.318. The molecule has 0 aromatic carbocycles. The lowest BCUT2D eigenvalue weighted by atomic mass is 9.98. The van der Waals surface area contributed by atoms with E-state index in [1.165, 1.54) is 22.4 Å². The highest BCUT2D eigenvalue weighted by atomic mass is 32.2. The lowest BCUT2D eigenvalue weighted by Gasteiger charge is -2.39. The average molecular weight is 428 g/mol. The SMILES string of the molecule is CCNC(=NCC1CCN(S(C)(=O)=O)CC1)N1CCN(C(C)C(F)(F)F)CC1. The maximum absolute atomic E-state index is 12.9. The number of sulfonamides is 1. The zero-order valence-corrected chi connectivity index (χ0v) is 17.7. The molecule has 7 nitrogen and oxygen atoms in total. The van der Waals surface area contributed by atoms with Crippen LogP contribution in [0.3, 0.4) is 0 Å².